The zero-order valence-electron chi connectivity index (χ0n) is 13.7. The molecule has 0 bridgehead atoms. The first kappa shape index (κ1) is 16.3. The molecule has 0 aliphatic rings. The van der Waals surface area contributed by atoms with Crippen LogP contribution < -0.4 is 9.47 Å². The molecule has 0 N–H and O–H groups in total. The largest absolute Gasteiger partial charge is 0.493 e. The van der Waals surface area contributed by atoms with Crippen molar-refractivity contribution in [3.8, 4) is 11.6 Å². The second-order valence-electron chi connectivity index (χ2n) is 6.60. The minimum Gasteiger partial charge on any atom is -0.493 e. The van der Waals surface area contributed by atoms with Crippen LogP contribution in [0.3, 0.4) is 0 Å². The summed E-state index contributed by atoms with van der Waals surface area (Å²) in [5.41, 5.74) is 1.66. The molecule has 0 aliphatic heterocycles. The van der Waals surface area contributed by atoms with E-state index in [0.29, 0.717) is 24.5 Å². The van der Waals surface area contributed by atoms with Crippen molar-refractivity contribution in [2.75, 3.05) is 13.2 Å². The van der Waals surface area contributed by atoms with Crippen LogP contribution in [0.4, 0.5) is 0 Å². The van der Waals surface area contributed by atoms with Crippen molar-refractivity contribution in [1.29, 1.82) is 0 Å². The van der Waals surface area contributed by atoms with E-state index in [1.807, 2.05) is 30.3 Å². The number of pyridine rings is 1. The molecule has 1 heterocycles. The highest BCUT2D eigenvalue weighted by Gasteiger charge is 2.10. The van der Waals surface area contributed by atoms with Gasteiger partial charge in [-0.3, -0.25) is 0 Å². The van der Waals surface area contributed by atoms with E-state index in [1.54, 1.807) is 6.20 Å². The summed E-state index contributed by atoms with van der Waals surface area (Å²) in [5, 5.41) is 0. The zero-order chi connectivity index (χ0) is 15.8. The van der Waals surface area contributed by atoms with Crippen molar-refractivity contribution in [2.24, 2.45) is 5.41 Å². The van der Waals surface area contributed by atoms with Gasteiger partial charge in [0, 0.05) is 18.7 Å². The maximum Gasteiger partial charge on any atom is 0.213 e. The van der Waals surface area contributed by atoms with E-state index in [9.17, 15) is 0 Å². The molecule has 0 atom stereocenters. The molecule has 0 unspecified atom stereocenters. The Balaban J connectivity index is 1.67. The van der Waals surface area contributed by atoms with E-state index < -0.39 is 0 Å². The summed E-state index contributed by atoms with van der Waals surface area (Å²) in [6, 6.07) is 14.0. The van der Waals surface area contributed by atoms with Crippen molar-refractivity contribution in [2.45, 2.75) is 33.6 Å². The smallest absolute Gasteiger partial charge is 0.213 e. The van der Waals surface area contributed by atoms with Gasteiger partial charge < -0.3 is 9.47 Å². The van der Waals surface area contributed by atoms with Crippen molar-refractivity contribution in [3.05, 3.63) is 54.2 Å². The Bertz CT molecular complexity index is 544. The Morgan fingerprint density at radius 3 is 2.27 bits per heavy atom. The van der Waals surface area contributed by atoms with Crippen LogP contribution in [0.15, 0.2) is 48.7 Å². The van der Waals surface area contributed by atoms with E-state index in [1.165, 1.54) is 5.56 Å². The van der Waals surface area contributed by atoms with Crippen molar-refractivity contribution >= 4 is 0 Å². The maximum atomic E-state index is 5.73. The summed E-state index contributed by atoms with van der Waals surface area (Å²) in [7, 11) is 0. The fourth-order valence-electron chi connectivity index (χ4n) is 2.17. The lowest BCUT2D eigenvalue weighted by atomic mass is 9.88. The Morgan fingerprint density at radius 2 is 1.64 bits per heavy atom. The lowest BCUT2D eigenvalue weighted by Gasteiger charge is -2.18. The second-order valence-corrected chi connectivity index (χ2v) is 6.60. The Kier molecular flexibility index (Phi) is 5.82. The summed E-state index contributed by atoms with van der Waals surface area (Å²) in [6.07, 6.45) is 3.64. The molecular formula is C19H25NO2. The lowest BCUT2D eigenvalue weighted by molar-refractivity contribution is 0.242. The van der Waals surface area contributed by atoms with Crippen LogP contribution in [0.1, 0.15) is 32.8 Å². The van der Waals surface area contributed by atoms with Gasteiger partial charge in [0.2, 0.25) is 5.88 Å². The molecule has 2 aromatic rings. The molecule has 0 aliphatic carbocycles. The average Bonchev–Trinajstić information content (AvgIpc) is 2.48. The fourth-order valence-corrected chi connectivity index (χ4v) is 2.17. The summed E-state index contributed by atoms with van der Waals surface area (Å²) < 4.78 is 11.3. The van der Waals surface area contributed by atoms with Gasteiger partial charge in [0.25, 0.3) is 0 Å². The molecule has 3 heteroatoms. The molecule has 3 nitrogen and oxygen atoms in total. The first-order valence-corrected chi connectivity index (χ1v) is 7.78. The summed E-state index contributed by atoms with van der Waals surface area (Å²) in [4.78, 5) is 4.11. The molecule has 0 radical (unpaired) electrons. The predicted octanol–water partition coefficient (Wildman–Crippen LogP) is 4.52. The summed E-state index contributed by atoms with van der Waals surface area (Å²) in [5.74, 6) is 1.57. The molecule has 1 aromatic carbocycles. The standard InChI is InChI=1S/C19H25NO2/c1-19(2,3)15-16-8-10-17(11-9-16)21-13-6-14-22-18-7-4-5-12-20-18/h4-5,7-12H,6,13-15H2,1-3H3. The maximum absolute atomic E-state index is 5.73. The van der Waals surface area contributed by atoms with E-state index in [0.717, 1.165) is 18.6 Å². The topological polar surface area (TPSA) is 31.4 Å². The van der Waals surface area contributed by atoms with Gasteiger partial charge in [0.05, 0.1) is 13.2 Å². The molecular weight excluding hydrogens is 274 g/mol. The molecule has 2 rings (SSSR count). The van der Waals surface area contributed by atoms with E-state index in [2.05, 4.69) is 37.9 Å². The molecule has 0 amide bonds. The predicted molar refractivity (Wildman–Crippen MR) is 89.4 cm³/mol. The van der Waals surface area contributed by atoms with Crippen LogP contribution in [0.25, 0.3) is 0 Å². The number of hydrogen-bond donors (Lipinski definition) is 0. The van der Waals surface area contributed by atoms with E-state index in [-0.39, 0.29) is 0 Å². The SMILES string of the molecule is CC(C)(C)Cc1ccc(OCCCOc2ccccn2)cc1. The highest BCUT2D eigenvalue weighted by Crippen LogP contribution is 2.22. The highest BCUT2D eigenvalue weighted by atomic mass is 16.5. The molecule has 118 valence electrons. The third-order valence-electron chi connectivity index (χ3n) is 3.10. The molecule has 22 heavy (non-hydrogen) atoms. The first-order chi connectivity index (χ1) is 10.5. The van der Waals surface area contributed by atoms with Gasteiger partial charge in [0.15, 0.2) is 0 Å². The van der Waals surface area contributed by atoms with Crippen LogP contribution >= 0.6 is 0 Å². The van der Waals surface area contributed by atoms with E-state index in [4.69, 9.17) is 9.47 Å². The normalized spacial score (nSPS) is 11.2. The van der Waals surface area contributed by atoms with Crippen LogP contribution in [0.5, 0.6) is 11.6 Å². The number of aromatic nitrogens is 1. The third kappa shape index (κ3) is 6.17. The number of ether oxygens (including phenoxy) is 2. The number of rotatable bonds is 7. The van der Waals surface area contributed by atoms with Gasteiger partial charge in [-0.05, 0) is 35.6 Å². The summed E-state index contributed by atoms with van der Waals surface area (Å²) >= 11 is 0. The molecule has 1 aromatic heterocycles. The first-order valence-electron chi connectivity index (χ1n) is 7.78. The Labute approximate surface area is 133 Å². The minimum absolute atomic E-state index is 0.311. The quantitative estimate of drug-likeness (QED) is 0.704. The number of hydrogen-bond acceptors (Lipinski definition) is 3. The fraction of sp³-hybridized carbons (Fsp3) is 0.421. The van der Waals surface area contributed by atoms with Crippen molar-refractivity contribution in [1.82, 2.24) is 4.98 Å². The van der Waals surface area contributed by atoms with Gasteiger partial charge in [-0.25, -0.2) is 4.98 Å². The van der Waals surface area contributed by atoms with Crippen LogP contribution in [-0.4, -0.2) is 18.2 Å². The highest BCUT2D eigenvalue weighted by molar-refractivity contribution is 5.27. The zero-order valence-corrected chi connectivity index (χ0v) is 13.7. The van der Waals surface area contributed by atoms with Gasteiger partial charge in [-0.15, -0.1) is 0 Å². The monoisotopic (exact) mass is 299 g/mol. The van der Waals surface area contributed by atoms with Gasteiger partial charge >= 0.3 is 0 Å². The second kappa shape index (κ2) is 7.83. The van der Waals surface area contributed by atoms with Gasteiger partial charge in [-0.1, -0.05) is 39.0 Å². The molecule has 0 saturated heterocycles. The molecule has 0 spiro atoms. The van der Waals surface area contributed by atoms with E-state index >= 15 is 0 Å². The third-order valence-corrected chi connectivity index (χ3v) is 3.10. The minimum atomic E-state index is 0.311. The summed E-state index contributed by atoms with van der Waals surface area (Å²) in [6.45, 7) is 8.00. The number of benzene rings is 1. The molecule has 0 saturated carbocycles. The Morgan fingerprint density at radius 1 is 0.909 bits per heavy atom. The van der Waals surface area contributed by atoms with Crippen LogP contribution in [-0.2, 0) is 6.42 Å². The van der Waals surface area contributed by atoms with Crippen LogP contribution in [0.2, 0.25) is 0 Å². The van der Waals surface area contributed by atoms with Crippen molar-refractivity contribution in [3.63, 3.8) is 0 Å². The molecule has 0 fully saturated rings. The van der Waals surface area contributed by atoms with Crippen LogP contribution in [0, 0.1) is 5.41 Å². The Hall–Kier alpha value is -2.03. The van der Waals surface area contributed by atoms with Gasteiger partial charge in [-0.2, -0.15) is 0 Å². The lowest BCUT2D eigenvalue weighted by Crippen LogP contribution is -2.09. The number of nitrogens with zero attached hydrogens (tertiary/aromatic N) is 1. The van der Waals surface area contributed by atoms with Gasteiger partial charge in [0.1, 0.15) is 5.75 Å². The average molecular weight is 299 g/mol. The van der Waals surface area contributed by atoms with Crippen molar-refractivity contribution < 1.29 is 9.47 Å².